The largest absolute Gasteiger partial charge is 0.508 e. The van der Waals surface area contributed by atoms with Crippen molar-refractivity contribution in [2.45, 2.75) is 41.5 Å². The number of hydrogen-bond acceptors (Lipinski definition) is 3. The van der Waals surface area contributed by atoms with Crippen molar-refractivity contribution in [2.24, 2.45) is 0 Å². The Hall–Kier alpha value is -2.16. The lowest BCUT2D eigenvalue weighted by molar-refractivity contribution is 0.392. The highest BCUT2D eigenvalue weighted by molar-refractivity contribution is 5.39. The summed E-state index contributed by atoms with van der Waals surface area (Å²) in [5, 5.41) is 8.76. The molecule has 0 radical (unpaired) electrons. The van der Waals surface area contributed by atoms with Crippen molar-refractivity contribution in [1.82, 2.24) is 0 Å². The number of rotatable bonds is 2. The van der Waals surface area contributed by atoms with E-state index in [0.717, 1.165) is 17.1 Å². The van der Waals surface area contributed by atoms with Gasteiger partial charge in [-0.25, -0.2) is 0 Å². The molecule has 0 spiro atoms. The van der Waals surface area contributed by atoms with Crippen LogP contribution >= 0.6 is 0 Å². The molecule has 0 saturated carbocycles. The summed E-state index contributed by atoms with van der Waals surface area (Å²) in [5.74, 6) is 2.02. The molecule has 0 aliphatic heterocycles. The summed E-state index contributed by atoms with van der Waals surface area (Å²) in [6.45, 7) is 12.0. The van der Waals surface area contributed by atoms with Crippen molar-refractivity contribution in [3.8, 4) is 17.2 Å². The molecule has 2 aromatic carbocycles. The molecule has 0 bridgehead atoms. The predicted octanol–water partition coefficient (Wildman–Crippen LogP) is 5.77. The Kier molecular flexibility index (Phi) is 14.8. The van der Waals surface area contributed by atoms with Gasteiger partial charge in [0.05, 0.1) is 14.2 Å². The molecule has 0 fully saturated rings. The van der Waals surface area contributed by atoms with Gasteiger partial charge < -0.3 is 14.6 Å². The second kappa shape index (κ2) is 14.8. The van der Waals surface area contributed by atoms with Gasteiger partial charge in [-0.05, 0) is 37.6 Å². The molecular weight excluding hydrogens is 288 g/mol. The first-order valence-corrected chi connectivity index (χ1v) is 8.01. The maximum absolute atomic E-state index is 8.76. The molecule has 0 aliphatic carbocycles. The highest BCUT2D eigenvalue weighted by Gasteiger charge is 1.98. The summed E-state index contributed by atoms with van der Waals surface area (Å²) >= 11 is 0. The van der Waals surface area contributed by atoms with Gasteiger partial charge in [0.1, 0.15) is 17.2 Å². The second-order valence-electron chi connectivity index (χ2n) is 4.17. The lowest BCUT2D eigenvalue weighted by Gasteiger charge is -2.05. The first-order valence-electron chi connectivity index (χ1n) is 8.01. The summed E-state index contributed by atoms with van der Waals surface area (Å²) in [4.78, 5) is 0. The molecular formula is C20H32O3. The van der Waals surface area contributed by atoms with Crippen LogP contribution in [0.4, 0.5) is 0 Å². The zero-order chi connectivity index (χ0) is 18.3. The first-order chi connectivity index (χ1) is 11.1. The molecule has 0 heterocycles. The van der Waals surface area contributed by atoms with Gasteiger partial charge in [0.25, 0.3) is 0 Å². The first kappa shape index (κ1) is 23.1. The average molecular weight is 320 g/mol. The Morgan fingerprint density at radius 2 is 1.26 bits per heavy atom. The van der Waals surface area contributed by atoms with E-state index < -0.39 is 0 Å². The van der Waals surface area contributed by atoms with Crippen LogP contribution in [0.25, 0.3) is 0 Å². The second-order valence-corrected chi connectivity index (χ2v) is 4.17. The van der Waals surface area contributed by atoms with Crippen LogP contribution in [0.5, 0.6) is 17.2 Å². The minimum Gasteiger partial charge on any atom is -0.508 e. The monoisotopic (exact) mass is 320 g/mol. The van der Waals surface area contributed by atoms with Gasteiger partial charge in [-0.2, -0.15) is 0 Å². The molecule has 130 valence electrons. The van der Waals surface area contributed by atoms with E-state index in [1.165, 1.54) is 5.56 Å². The summed E-state index contributed by atoms with van der Waals surface area (Å²) in [6, 6.07) is 12.8. The fourth-order valence-corrected chi connectivity index (χ4v) is 1.47. The predicted molar refractivity (Wildman–Crippen MR) is 99.8 cm³/mol. The SMILES string of the molecule is CC.CC.COc1ccc(C)c(OC)c1.Cc1ccc(O)cc1. The molecule has 0 aliphatic rings. The van der Waals surface area contributed by atoms with Crippen LogP contribution in [0, 0.1) is 13.8 Å². The molecule has 3 nitrogen and oxygen atoms in total. The maximum Gasteiger partial charge on any atom is 0.125 e. The minimum atomic E-state index is 0.329. The normalized spacial score (nSPS) is 8.17. The molecule has 0 amide bonds. The van der Waals surface area contributed by atoms with E-state index in [9.17, 15) is 0 Å². The third-order valence-corrected chi connectivity index (χ3v) is 2.65. The van der Waals surface area contributed by atoms with Crippen molar-refractivity contribution in [1.29, 1.82) is 0 Å². The Balaban J connectivity index is 0. The number of benzene rings is 2. The number of phenolic OH excluding ortho intramolecular Hbond substituents is 1. The number of aryl methyl sites for hydroxylation is 2. The van der Waals surface area contributed by atoms with Crippen LogP contribution in [0.15, 0.2) is 42.5 Å². The van der Waals surface area contributed by atoms with Crippen molar-refractivity contribution in [2.75, 3.05) is 14.2 Å². The molecule has 2 aromatic rings. The minimum absolute atomic E-state index is 0.329. The van der Waals surface area contributed by atoms with Crippen LogP contribution < -0.4 is 9.47 Å². The highest BCUT2D eigenvalue weighted by Crippen LogP contribution is 2.22. The molecule has 2 rings (SSSR count). The number of phenols is 1. The quantitative estimate of drug-likeness (QED) is 0.764. The van der Waals surface area contributed by atoms with E-state index in [1.807, 2.05) is 71.9 Å². The molecule has 0 saturated heterocycles. The molecule has 0 aromatic heterocycles. The number of methoxy groups -OCH3 is 2. The van der Waals surface area contributed by atoms with E-state index >= 15 is 0 Å². The van der Waals surface area contributed by atoms with Gasteiger partial charge in [0.2, 0.25) is 0 Å². The fraction of sp³-hybridized carbons (Fsp3) is 0.400. The van der Waals surface area contributed by atoms with Crippen molar-refractivity contribution in [3.05, 3.63) is 53.6 Å². The molecule has 0 atom stereocenters. The van der Waals surface area contributed by atoms with E-state index in [1.54, 1.807) is 26.4 Å². The van der Waals surface area contributed by atoms with E-state index in [4.69, 9.17) is 14.6 Å². The zero-order valence-electron chi connectivity index (χ0n) is 15.8. The Bertz CT molecular complexity index is 484. The fourth-order valence-electron chi connectivity index (χ4n) is 1.47. The molecule has 0 unspecified atom stereocenters. The maximum atomic E-state index is 8.76. The van der Waals surface area contributed by atoms with Gasteiger partial charge in [-0.15, -0.1) is 0 Å². The standard InChI is InChI=1S/C9H12O2.C7H8O.2C2H6/c1-7-4-5-8(10-2)6-9(7)11-3;1-6-2-4-7(8)5-3-6;2*1-2/h4-6H,1-3H3;2-5,8H,1H3;2*1-2H3. The topological polar surface area (TPSA) is 38.7 Å². The Labute approximate surface area is 141 Å². The van der Waals surface area contributed by atoms with Crippen LogP contribution in [-0.2, 0) is 0 Å². The van der Waals surface area contributed by atoms with E-state index in [0.29, 0.717) is 5.75 Å². The zero-order valence-corrected chi connectivity index (χ0v) is 15.8. The van der Waals surface area contributed by atoms with Crippen LogP contribution in [0.3, 0.4) is 0 Å². The van der Waals surface area contributed by atoms with Crippen LogP contribution in [0.1, 0.15) is 38.8 Å². The third-order valence-electron chi connectivity index (χ3n) is 2.65. The van der Waals surface area contributed by atoms with Crippen molar-refractivity contribution >= 4 is 0 Å². The number of ether oxygens (including phenoxy) is 2. The highest BCUT2D eigenvalue weighted by atomic mass is 16.5. The summed E-state index contributed by atoms with van der Waals surface area (Å²) in [5.41, 5.74) is 2.29. The molecule has 1 N–H and O–H groups in total. The smallest absolute Gasteiger partial charge is 0.125 e. The number of aromatic hydroxyl groups is 1. The van der Waals surface area contributed by atoms with Crippen LogP contribution in [-0.4, -0.2) is 19.3 Å². The van der Waals surface area contributed by atoms with Crippen molar-refractivity contribution < 1.29 is 14.6 Å². The van der Waals surface area contributed by atoms with Gasteiger partial charge in [0, 0.05) is 6.07 Å². The van der Waals surface area contributed by atoms with Gasteiger partial charge in [0.15, 0.2) is 0 Å². The van der Waals surface area contributed by atoms with Gasteiger partial charge in [-0.1, -0.05) is 51.5 Å². The summed E-state index contributed by atoms with van der Waals surface area (Å²) in [6.07, 6.45) is 0. The Morgan fingerprint density at radius 3 is 1.65 bits per heavy atom. The average Bonchev–Trinajstić information content (AvgIpc) is 2.62. The van der Waals surface area contributed by atoms with Crippen LogP contribution in [0.2, 0.25) is 0 Å². The van der Waals surface area contributed by atoms with Crippen molar-refractivity contribution in [3.63, 3.8) is 0 Å². The lowest BCUT2D eigenvalue weighted by atomic mass is 10.2. The molecule has 23 heavy (non-hydrogen) atoms. The number of hydrogen-bond donors (Lipinski definition) is 1. The van der Waals surface area contributed by atoms with E-state index in [2.05, 4.69) is 0 Å². The molecule has 3 heteroatoms. The van der Waals surface area contributed by atoms with Gasteiger partial charge >= 0.3 is 0 Å². The lowest BCUT2D eigenvalue weighted by Crippen LogP contribution is -1.88. The Morgan fingerprint density at radius 1 is 0.739 bits per heavy atom. The van der Waals surface area contributed by atoms with E-state index in [-0.39, 0.29) is 0 Å². The van der Waals surface area contributed by atoms with Gasteiger partial charge in [-0.3, -0.25) is 0 Å². The summed E-state index contributed by atoms with van der Waals surface area (Å²) in [7, 11) is 3.30. The third kappa shape index (κ3) is 10.2. The summed E-state index contributed by atoms with van der Waals surface area (Å²) < 4.78 is 10.1.